The largest absolute Gasteiger partial charge is 0.506 e. The van der Waals surface area contributed by atoms with Crippen LogP contribution in [-0.4, -0.2) is 22.5 Å². The first-order chi connectivity index (χ1) is 5.70. The van der Waals surface area contributed by atoms with E-state index in [4.69, 9.17) is 0 Å². The molecule has 0 radical (unpaired) electrons. The summed E-state index contributed by atoms with van der Waals surface area (Å²) in [5.41, 5.74) is 3.83. The first-order valence-corrected chi connectivity index (χ1v) is 3.51. The number of fused-ring (bicyclic) bond motifs is 1. The lowest BCUT2D eigenvalue weighted by molar-refractivity contribution is 0.120. The zero-order chi connectivity index (χ0) is 8.72. The third-order valence-electron chi connectivity index (χ3n) is 1.79. The molecule has 5 heteroatoms. The smallest absolute Gasteiger partial charge is 0.142 e. The SMILES string of the molecule is CN1Nc2c(O)cccc2N1O. The molecular formula is C7H9N3O2. The second kappa shape index (κ2) is 2.26. The molecule has 12 heavy (non-hydrogen) atoms. The minimum atomic E-state index is 0.121. The predicted octanol–water partition coefficient (Wildman–Crippen LogP) is 0.775. The van der Waals surface area contributed by atoms with Crippen LogP contribution in [0.5, 0.6) is 5.75 Å². The van der Waals surface area contributed by atoms with E-state index in [0.29, 0.717) is 11.4 Å². The van der Waals surface area contributed by atoms with Gasteiger partial charge in [-0.1, -0.05) is 6.07 Å². The number of phenols is 1. The van der Waals surface area contributed by atoms with Crippen LogP contribution in [0.4, 0.5) is 11.4 Å². The van der Waals surface area contributed by atoms with Gasteiger partial charge in [0.15, 0.2) is 0 Å². The maximum Gasteiger partial charge on any atom is 0.142 e. The Bertz CT molecular complexity index is 316. The van der Waals surface area contributed by atoms with Gasteiger partial charge in [-0.15, -0.1) is 5.12 Å². The Morgan fingerprint density at radius 3 is 2.83 bits per heavy atom. The number of benzene rings is 1. The monoisotopic (exact) mass is 167 g/mol. The molecule has 3 N–H and O–H groups in total. The molecule has 1 aromatic carbocycles. The highest BCUT2D eigenvalue weighted by molar-refractivity contribution is 5.77. The van der Waals surface area contributed by atoms with E-state index >= 15 is 0 Å². The number of hydrazine groups is 2. The summed E-state index contributed by atoms with van der Waals surface area (Å²) in [7, 11) is 1.64. The van der Waals surface area contributed by atoms with Crippen LogP contribution in [0.3, 0.4) is 0 Å². The molecule has 0 bridgehead atoms. The summed E-state index contributed by atoms with van der Waals surface area (Å²) < 4.78 is 0. The van der Waals surface area contributed by atoms with Gasteiger partial charge in [-0.05, 0) is 12.1 Å². The van der Waals surface area contributed by atoms with Crippen molar-refractivity contribution in [1.82, 2.24) is 5.12 Å². The molecule has 1 heterocycles. The molecule has 1 aliphatic heterocycles. The fourth-order valence-electron chi connectivity index (χ4n) is 1.18. The van der Waals surface area contributed by atoms with Crippen molar-refractivity contribution < 1.29 is 10.3 Å². The number of nitrogens with zero attached hydrogens (tertiary/aromatic N) is 2. The van der Waals surface area contributed by atoms with Crippen molar-refractivity contribution >= 4 is 11.4 Å². The van der Waals surface area contributed by atoms with E-state index in [1.54, 1.807) is 25.2 Å². The number of anilines is 2. The van der Waals surface area contributed by atoms with Crippen LogP contribution in [0.15, 0.2) is 18.2 Å². The molecule has 0 aliphatic carbocycles. The fourth-order valence-corrected chi connectivity index (χ4v) is 1.18. The number of aromatic hydroxyl groups is 1. The second-order valence-electron chi connectivity index (χ2n) is 2.60. The highest BCUT2D eigenvalue weighted by atomic mass is 16.6. The summed E-state index contributed by atoms with van der Waals surface area (Å²) >= 11 is 0. The van der Waals surface area contributed by atoms with E-state index in [-0.39, 0.29) is 5.75 Å². The van der Waals surface area contributed by atoms with Gasteiger partial charge < -0.3 is 5.11 Å². The van der Waals surface area contributed by atoms with Crippen molar-refractivity contribution in [2.24, 2.45) is 0 Å². The molecule has 0 amide bonds. The molecule has 0 saturated heterocycles. The number of hydrogen-bond acceptors (Lipinski definition) is 5. The zero-order valence-corrected chi connectivity index (χ0v) is 6.52. The summed E-state index contributed by atoms with van der Waals surface area (Å²) in [6.45, 7) is 0. The first-order valence-electron chi connectivity index (χ1n) is 3.51. The average molecular weight is 167 g/mol. The molecule has 0 saturated carbocycles. The van der Waals surface area contributed by atoms with Crippen molar-refractivity contribution in [3.05, 3.63) is 18.2 Å². The Labute approximate surface area is 69.3 Å². The van der Waals surface area contributed by atoms with Gasteiger partial charge in [0.25, 0.3) is 0 Å². The van der Waals surface area contributed by atoms with Crippen molar-refractivity contribution in [3.63, 3.8) is 0 Å². The highest BCUT2D eigenvalue weighted by Gasteiger charge is 2.24. The minimum absolute atomic E-state index is 0.121. The molecule has 64 valence electrons. The van der Waals surface area contributed by atoms with Crippen LogP contribution in [0.2, 0.25) is 0 Å². The Morgan fingerprint density at radius 1 is 1.42 bits per heavy atom. The van der Waals surface area contributed by atoms with Crippen molar-refractivity contribution in [1.29, 1.82) is 0 Å². The molecule has 5 nitrogen and oxygen atoms in total. The summed E-state index contributed by atoms with van der Waals surface area (Å²) in [6, 6.07) is 4.92. The van der Waals surface area contributed by atoms with Gasteiger partial charge in [-0.3, -0.25) is 10.6 Å². The van der Waals surface area contributed by atoms with Crippen molar-refractivity contribution in [2.45, 2.75) is 0 Å². The molecular weight excluding hydrogens is 158 g/mol. The Kier molecular flexibility index (Phi) is 1.36. The van der Waals surface area contributed by atoms with Crippen molar-refractivity contribution in [2.75, 3.05) is 17.6 Å². The van der Waals surface area contributed by atoms with Gasteiger partial charge >= 0.3 is 0 Å². The van der Waals surface area contributed by atoms with Gasteiger partial charge in [0, 0.05) is 7.05 Å². The standard InChI is InChI=1S/C7H9N3O2/c1-9-8-7-5(10(9)12)3-2-4-6(7)11/h2-4,8,11-12H,1H3. The van der Waals surface area contributed by atoms with E-state index < -0.39 is 0 Å². The zero-order valence-electron chi connectivity index (χ0n) is 6.52. The maximum absolute atomic E-state index is 9.36. The number of hydrogen-bond donors (Lipinski definition) is 3. The second-order valence-corrected chi connectivity index (χ2v) is 2.60. The van der Waals surface area contributed by atoms with Gasteiger partial charge in [-0.2, -0.15) is 5.17 Å². The summed E-state index contributed by atoms with van der Waals surface area (Å²) in [6.07, 6.45) is 0. The fraction of sp³-hybridized carbons (Fsp3) is 0.143. The third-order valence-corrected chi connectivity index (χ3v) is 1.79. The van der Waals surface area contributed by atoms with E-state index in [0.717, 1.165) is 5.17 Å². The van der Waals surface area contributed by atoms with Crippen molar-refractivity contribution in [3.8, 4) is 5.75 Å². The van der Waals surface area contributed by atoms with Gasteiger partial charge in [0.05, 0.1) is 0 Å². The topological polar surface area (TPSA) is 59.0 Å². The van der Waals surface area contributed by atoms with Crippen LogP contribution in [0.25, 0.3) is 0 Å². The molecule has 0 fully saturated rings. The van der Waals surface area contributed by atoms with E-state index in [2.05, 4.69) is 5.43 Å². The predicted molar refractivity (Wildman–Crippen MR) is 43.8 cm³/mol. The molecule has 1 aromatic rings. The molecule has 0 unspecified atom stereocenters. The maximum atomic E-state index is 9.36. The van der Waals surface area contributed by atoms with Gasteiger partial charge in [0.1, 0.15) is 17.1 Å². The quantitative estimate of drug-likeness (QED) is 0.498. The lowest BCUT2D eigenvalue weighted by Crippen LogP contribution is -2.35. The van der Waals surface area contributed by atoms with E-state index in [1.807, 2.05) is 0 Å². The number of rotatable bonds is 0. The van der Waals surface area contributed by atoms with Crippen LogP contribution in [-0.2, 0) is 0 Å². The normalized spacial score (nSPS) is 16.0. The Hall–Kier alpha value is -1.46. The highest BCUT2D eigenvalue weighted by Crippen LogP contribution is 2.38. The lowest BCUT2D eigenvalue weighted by atomic mass is 10.2. The summed E-state index contributed by atoms with van der Waals surface area (Å²) in [5, 5.41) is 21.0. The average Bonchev–Trinajstić information content (AvgIpc) is 2.32. The number of nitrogens with one attached hydrogen (secondary N) is 1. The molecule has 0 atom stereocenters. The summed E-state index contributed by atoms with van der Waals surface area (Å²) in [4.78, 5) is 0. The Morgan fingerprint density at radius 2 is 2.17 bits per heavy atom. The molecule has 2 rings (SSSR count). The Balaban J connectivity index is 2.53. The van der Waals surface area contributed by atoms with Gasteiger partial charge in [0.2, 0.25) is 0 Å². The van der Waals surface area contributed by atoms with Crippen LogP contribution < -0.4 is 10.6 Å². The first kappa shape index (κ1) is 7.20. The van der Waals surface area contributed by atoms with E-state index in [9.17, 15) is 10.3 Å². The molecule has 1 aliphatic rings. The van der Waals surface area contributed by atoms with Crippen LogP contribution in [0.1, 0.15) is 0 Å². The van der Waals surface area contributed by atoms with Gasteiger partial charge in [-0.25, -0.2) is 0 Å². The lowest BCUT2D eigenvalue weighted by Gasteiger charge is -2.16. The molecule has 0 spiro atoms. The van der Waals surface area contributed by atoms with Crippen LogP contribution in [0, 0.1) is 0 Å². The third kappa shape index (κ3) is 0.806. The summed E-state index contributed by atoms with van der Waals surface area (Å²) in [5.74, 6) is 0.121. The van der Waals surface area contributed by atoms with Crippen LogP contribution >= 0.6 is 0 Å². The van der Waals surface area contributed by atoms with E-state index in [1.165, 1.54) is 5.12 Å². The number of phenolic OH excluding ortho intramolecular Hbond substituents is 1. The minimum Gasteiger partial charge on any atom is -0.506 e. The number of para-hydroxylation sites is 1. The molecule has 0 aromatic heterocycles.